The number of hydrogen-bond donors (Lipinski definition) is 2. The monoisotopic (exact) mass is 363 g/mol. The van der Waals surface area contributed by atoms with Crippen LogP contribution in [0.1, 0.15) is 43.9 Å². The molecule has 2 aliphatic rings. The van der Waals surface area contributed by atoms with Crippen molar-refractivity contribution in [2.75, 3.05) is 11.9 Å². The maximum atomic E-state index is 12.3. The summed E-state index contributed by atoms with van der Waals surface area (Å²) in [7, 11) is 0. The Labute approximate surface area is 155 Å². The molecule has 0 spiro atoms. The first-order chi connectivity index (χ1) is 13.0. The number of benzene rings is 2. The summed E-state index contributed by atoms with van der Waals surface area (Å²) in [6.07, 6.45) is 1.98. The SMILES string of the molecule is O=C(CN1C(=O)c2ccccc2C1=O)Nc1cccc(C(=O)NC2CC2)c1. The fourth-order valence-electron chi connectivity index (χ4n) is 2.96. The normalized spacial score (nSPS) is 15.5. The third kappa shape index (κ3) is 3.44. The predicted octanol–water partition coefficient (Wildman–Crippen LogP) is 1.81. The van der Waals surface area contributed by atoms with Crippen molar-refractivity contribution >= 4 is 29.3 Å². The van der Waals surface area contributed by atoms with Crippen LogP contribution in [-0.4, -0.2) is 41.1 Å². The maximum absolute atomic E-state index is 12.3. The van der Waals surface area contributed by atoms with Crippen LogP contribution in [-0.2, 0) is 4.79 Å². The Balaban J connectivity index is 1.42. The van der Waals surface area contributed by atoms with Crippen molar-refractivity contribution in [3.05, 3.63) is 65.2 Å². The highest BCUT2D eigenvalue weighted by atomic mass is 16.2. The van der Waals surface area contributed by atoms with Crippen LogP contribution in [0.25, 0.3) is 0 Å². The van der Waals surface area contributed by atoms with E-state index in [4.69, 9.17) is 0 Å². The van der Waals surface area contributed by atoms with Gasteiger partial charge in [0.05, 0.1) is 11.1 Å². The molecule has 27 heavy (non-hydrogen) atoms. The van der Waals surface area contributed by atoms with Gasteiger partial charge in [0.1, 0.15) is 6.54 Å². The number of carbonyl (C=O) groups is 4. The first-order valence-electron chi connectivity index (χ1n) is 8.69. The molecule has 2 aromatic rings. The van der Waals surface area contributed by atoms with Crippen molar-refractivity contribution in [1.82, 2.24) is 10.2 Å². The summed E-state index contributed by atoms with van der Waals surface area (Å²) < 4.78 is 0. The Bertz CT molecular complexity index is 930. The highest BCUT2D eigenvalue weighted by Gasteiger charge is 2.36. The fraction of sp³-hybridized carbons (Fsp3) is 0.200. The molecule has 4 rings (SSSR count). The summed E-state index contributed by atoms with van der Waals surface area (Å²) in [6, 6.07) is 13.3. The number of rotatable bonds is 5. The molecule has 7 nitrogen and oxygen atoms in total. The highest BCUT2D eigenvalue weighted by molar-refractivity contribution is 6.22. The van der Waals surface area contributed by atoms with Crippen LogP contribution in [0.2, 0.25) is 0 Å². The summed E-state index contributed by atoms with van der Waals surface area (Å²) in [5.41, 5.74) is 1.48. The van der Waals surface area contributed by atoms with E-state index in [1.165, 1.54) is 0 Å². The van der Waals surface area contributed by atoms with Gasteiger partial charge in [0.25, 0.3) is 17.7 Å². The highest BCUT2D eigenvalue weighted by Crippen LogP contribution is 2.22. The van der Waals surface area contributed by atoms with Gasteiger partial charge in [0.2, 0.25) is 5.91 Å². The second-order valence-electron chi connectivity index (χ2n) is 6.62. The van der Waals surface area contributed by atoms with Crippen LogP contribution >= 0.6 is 0 Å². The lowest BCUT2D eigenvalue weighted by Gasteiger charge is -2.14. The topological polar surface area (TPSA) is 95.6 Å². The second-order valence-corrected chi connectivity index (χ2v) is 6.62. The number of nitrogens with zero attached hydrogens (tertiary/aromatic N) is 1. The number of anilines is 1. The van der Waals surface area contributed by atoms with E-state index < -0.39 is 17.7 Å². The predicted molar refractivity (Wildman–Crippen MR) is 97.4 cm³/mol. The largest absolute Gasteiger partial charge is 0.349 e. The summed E-state index contributed by atoms with van der Waals surface area (Å²) in [5.74, 6) is -1.66. The van der Waals surface area contributed by atoms with E-state index in [9.17, 15) is 19.2 Å². The molecule has 136 valence electrons. The zero-order chi connectivity index (χ0) is 19.0. The third-order valence-electron chi connectivity index (χ3n) is 4.50. The van der Waals surface area contributed by atoms with Crippen LogP contribution in [0.3, 0.4) is 0 Å². The molecule has 2 aromatic carbocycles. The minimum Gasteiger partial charge on any atom is -0.349 e. The molecule has 0 aromatic heterocycles. The molecular weight excluding hydrogens is 346 g/mol. The Hall–Kier alpha value is -3.48. The van der Waals surface area contributed by atoms with Gasteiger partial charge in [-0.15, -0.1) is 0 Å². The average Bonchev–Trinajstić information content (AvgIpc) is 3.45. The molecule has 1 fully saturated rings. The lowest BCUT2D eigenvalue weighted by molar-refractivity contribution is -0.116. The molecule has 1 aliphatic carbocycles. The Morgan fingerprint density at radius 1 is 0.963 bits per heavy atom. The Morgan fingerprint density at radius 3 is 2.26 bits per heavy atom. The number of hydrogen-bond acceptors (Lipinski definition) is 4. The van der Waals surface area contributed by atoms with Gasteiger partial charge in [-0.2, -0.15) is 0 Å². The molecule has 0 radical (unpaired) electrons. The van der Waals surface area contributed by atoms with Crippen LogP contribution in [0.5, 0.6) is 0 Å². The number of amides is 4. The molecule has 0 atom stereocenters. The van der Waals surface area contributed by atoms with Gasteiger partial charge in [0.15, 0.2) is 0 Å². The number of imide groups is 1. The van der Waals surface area contributed by atoms with E-state index in [0.717, 1.165) is 17.7 Å². The van der Waals surface area contributed by atoms with E-state index in [1.807, 2.05) is 0 Å². The lowest BCUT2D eigenvalue weighted by Crippen LogP contribution is -2.37. The zero-order valence-electron chi connectivity index (χ0n) is 14.4. The molecule has 1 heterocycles. The molecule has 0 unspecified atom stereocenters. The van der Waals surface area contributed by atoms with E-state index in [-0.39, 0.29) is 18.5 Å². The van der Waals surface area contributed by atoms with E-state index in [2.05, 4.69) is 10.6 Å². The standard InChI is InChI=1S/C20H17N3O4/c24-17(11-23-19(26)15-6-1-2-7-16(15)20(23)27)21-14-5-3-4-12(10-14)18(25)22-13-8-9-13/h1-7,10,13H,8-9,11H2,(H,21,24)(H,22,25). The van der Waals surface area contributed by atoms with Crippen molar-refractivity contribution in [2.24, 2.45) is 0 Å². The van der Waals surface area contributed by atoms with Crippen molar-refractivity contribution in [2.45, 2.75) is 18.9 Å². The molecule has 1 aliphatic heterocycles. The maximum Gasteiger partial charge on any atom is 0.262 e. The van der Waals surface area contributed by atoms with Gasteiger partial charge >= 0.3 is 0 Å². The summed E-state index contributed by atoms with van der Waals surface area (Å²) >= 11 is 0. The van der Waals surface area contributed by atoms with Crippen LogP contribution in [0, 0.1) is 0 Å². The second kappa shape index (κ2) is 6.68. The van der Waals surface area contributed by atoms with Gasteiger partial charge in [0, 0.05) is 17.3 Å². The van der Waals surface area contributed by atoms with Gasteiger partial charge in [-0.1, -0.05) is 18.2 Å². The Morgan fingerprint density at radius 2 is 1.63 bits per heavy atom. The quantitative estimate of drug-likeness (QED) is 0.792. The third-order valence-corrected chi connectivity index (χ3v) is 4.50. The summed E-state index contributed by atoms with van der Waals surface area (Å²) in [6.45, 7) is -0.384. The zero-order valence-corrected chi connectivity index (χ0v) is 14.4. The molecule has 0 saturated heterocycles. The average molecular weight is 363 g/mol. The number of nitrogens with one attached hydrogen (secondary N) is 2. The van der Waals surface area contributed by atoms with Crippen LogP contribution < -0.4 is 10.6 Å². The van der Waals surface area contributed by atoms with Gasteiger partial charge in [-0.05, 0) is 43.2 Å². The fourth-order valence-corrected chi connectivity index (χ4v) is 2.96. The minimum atomic E-state index is -0.510. The van der Waals surface area contributed by atoms with Crippen molar-refractivity contribution in [1.29, 1.82) is 0 Å². The van der Waals surface area contributed by atoms with E-state index in [1.54, 1.807) is 48.5 Å². The van der Waals surface area contributed by atoms with Crippen LogP contribution in [0.15, 0.2) is 48.5 Å². The van der Waals surface area contributed by atoms with Crippen molar-refractivity contribution < 1.29 is 19.2 Å². The number of carbonyl (C=O) groups excluding carboxylic acids is 4. The van der Waals surface area contributed by atoms with Gasteiger partial charge < -0.3 is 10.6 Å². The smallest absolute Gasteiger partial charge is 0.262 e. The molecule has 7 heteroatoms. The summed E-state index contributed by atoms with van der Waals surface area (Å²) in [5, 5.41) is 5.52. The lowest BCUT2D eigenvalue weighted by atomic mass is 10.1. The van der Waals surface area contributed by atoms with E-state index in [0.29, 0.717) is 22.4 Å². The van der Waals surface area contributed by atoms with Crippen LogP contribution in [0.4, 0.5) is 5.69 Å². The first-order valence-corrected chi connectivity index (χ1v) is 8.69. The summed E-state index contributed by atoms with van der Waals surface area (Å²) in [4.78, 5) is 50.0. The molecule has 1 saturated carbocycles. The molecule has 0 bridgehead atoms. The van der Waals surface area contributed by atoms with Gasteiger partial charge in [-0.3, -0.25) is 24.1 Å². The minimum absolute atomic E-state index is 0.186. The first kappa shape index (κ1) is 17.0. The number of fused-ring (bicyclic) bond motifs is 1. The van der Waals surface area contributed by atoms with Gasteiger partial charge in [-0.25, -0.2) is 0 Å². The molecular formula is C20H17N3O4. The van der Waals surface area contributed by atoms with Crippen molar-refractivity contribution in [3.63, 3.8) is 0 Å². The Kier molecular flexibility index (Phi) is 4.19. The molecule has 4 amide bonds. The van der Waals surface area contributed by atoms with E-state index >= 15 is 0 Å². The van der Waals surface area contributed by atoms with Crippen molar-refractivity contribution in [3.8, 4) is 0 Å². The molecule has 2 N–H and O–H groups in total.